The number of hydrogen-bond donors (Lipinski definition) is 0. The molecule has 0 atom stereocenters. The van der Waals surface area contributed by atoms with Gasteiger partial charge in [0.25, 0.3) is 0 Å². The van der Waals surface area contributed by atoms with Gasteiger partial charge in [0.15, 0.2) is 5.58 Å². The van der Waals surface area contributed by atoms with E-state index < -0.39 is 0 Å². The van der Waals surface area contributed by atoms with E-state index in [9.17, 15) is 0 Å². The summed E-state index contributed by atoms with van der Waals surface area (Å²) in [5.74, 6) is 0.714. The molecular formula is C14H12N2O3. The highest BCUT2D eigenvalue weighted by Crippen LogP contribution is 2.20. The molecule has 96 valence electrons. The summed E-state index contributed by atoms with van der Waals surface area (Å²) in [5, 5.41) is 0. The van der Waals surface area contributed by atoms with Crippen LogP contribution in [0.4, 0.5) is 0 Å². The van der Waals surface area contributed by atoms with Gasteiger partial charge < -0.3 is 13.9 Å². The molecule has 1 aromatic carbocycles. The molecule has 2 aromatic heterocycles. The Morgan fingerprint density at radius 2 is 2.05 bits per heavy atom. The minimum atomic E-state index is 0.249. The highest BCUT2D eigenvalue weighted by Gasteiger charge is 2.06. The topological polar surface area (TPSA) is 57.4 Å². The monoisotopic (exact) mass is 256 g/mol. The summed E-state index contributed by atoms with van der Waals surface area (Å²) in [7, 11) is 1.60. The third kappa shape index (κ3) is 2.49. The van der Waals surface area contributed by atoms with Crippen molar-refractivity contribution < 1.29 is 13.9 Å². The van der Waals surface area contributed by atoms with Crippen LogP contribution in [0.15, 0.2) is 47.0 Å². The Bertz CT molecular complexity index is 643. The van der Waals surface area contributed by atoms with Gasteiger partial charge in [-0.2, -0.15) is 4.98 Å². The Labute approximate surface area is 109 Å². The molecule has 0 saturated heterocycles. The molecule has 0 fully saturated rings. The van der Waals surface area contributed by atoms with E-state index in [1.54, 1.807) is 13.3 Å². The molecule has 3 aromatic rings. The SMILES string of the molecule is COc1ccc(COc2nc3ccccc3o2)nc1. The number of nitrogens with zero attached hydrogens (tertiary/aromatic N) is 2. The average molecular weight is 256 g/mol. The van der Waals surface area contributed by atoms with E-state index in [0.29, 0.717) is 17.9 Å². The van der Waals surface area contributed by atoms with Gasteiger partial charge in [-0.15, -0.1) is 0 Å². The first-order valence-corrected chi connectivity index (χ1v) is 5.82. The van der Waals surface area contributed by atoms with Crippen LogP contribution >= 0.6 is 0 Å². The summed E-state index contributed by atoms with van der Waals surface area (Å²) in [6.07, 6.45) is 1.89. The van der Waals surface area contributed by atoms with Crippen LogP contribution in [0.25, 0.3) is 11.1 Å². The molecule has 0 saturated carbocycles. The Kier molecular flexibility index (Phi) is 3.02. The zero-order chi connectivity index (χ0) is 13.1. The molecule has 5 heteroatoms. The van der Waals surface area contributed by atoms with Crippen molar-refractivity contribution in [2.75, 3.05) is 7.11 Å². The number of methoxy groups -OCH3 is 1. The number of rotatable bonds is 4. The molecule has 0 unspecified atom stereocenters. The van der Waals surface area contributed by atoms with E-state index >= 15 is 0 Å². The van der Waals surface area contributed by atoms with E-state index in [-0.39, 0.29) is 6.08 Å². The van der Waals surface area contributed by atoms with Crippen molar-refractivity contribution >= 4 is 11.1 Å². The van der Waals surface area contributed by atoms with Gasteiger partial charge in [-0.3, -0.25) is 4.98 Å². The summed E-state index contributed by atoms with van der Waals surface area (Å²) in [5.41, 5.74) is 2.27. The van der Waals surface area contributed by atoms with Gasteiger partial charge >= 0.3 is 6.08 Å². The molecule has 2 heterocycles. The van der Waals surface area contributed by atoms with Gasteiger partial charge in [0, 0.05) is 0 Å². The van der Waals surface area contributed by atoms with Crippen molar-refractivity contribution in [3.8, 4) is 11.8 Å². The van der Waals surface area contributed by atoms with Gasteiger partial charge in [-0.1, -0.05) is 12.1 Å². The van der Waals surface area contributed by atoms with Crippen molar-refractivity contribution in [3.63, 3.8) is 0 Å². The predicted molar refractivity (Wildman–Crippen MR) is 69.1 cm³/mol. The number of benzene rings is 1. The van der Waals surface area contributed by atoms with E-state index in [4.69, 9.17) is 13.9 Å². The van der Waals surface area contributed by atoms with Gasteiger partial charge in [0.05, 0.1) is 19.0 Å². The Morgan fingerprint density at radius 1 is 1.16 bits per heavy atom. The van der Waals surface area contributed by atoms with Crippen molar-refractivity contribution in [1.82, 2.24) is 9.97 Å². The third-order valence-electron chi connectivity index (χ3n) is 2.65. The van der Waals surface area contributed by atoms with E-state index in [2.05, 4.69) is 9.97 Å². The second-order valence-electron chi connectivity index (χ2n) is 3.93. The van der Waals surface area contributed by atoms with Crippen LogP contribution in [0.3, 0.4) is 0 Å². The minimum Gasteiger partial charge on any atom is -0.495 e. The van der Waals surface area contributed by atoms with Crippen molar-refractivity contribution in [2.24, 2.45) is 0 Å². The zero-order valence-electron chi connectivity index (χ0n) is 10.4. The first-order valence-electron chi connectivity index (χ1n) is 5.82. The number of ether oxygens (including phenoxy) is 2. The lowest BCUT2D eigenvalue weighted by atomic mass is 10.3. The molecule has 0 aliphatic carbocycles. The highest BCUT2D eigenvalue weighted by molar-refractivity contribution is 5.72. The number of fused-ring (bicyclic) bond motifs is 1. The maximum atomic E-state index is 5.47. The molecule has 0 radical (unpaired) electrons. The van der Waals surface area contributed by atoms with Gasteiger partial charge in [0.2, 0.25) is 0 Å². The van der Waals surface area contributed by atoms with E-state index in [0.717, 1.165) is 11.2 Å². The lowest BCUT2D eigenvalue weighted by molar-refractivity contribution is 0.223. The molecule has 5 nitrogen and oxygen atoms in total. The van der Waals surface area contributed by atoms with Crippen LogP contribution in [-0.2, 0) is 6.61 Å². The van der Waals surface area contributed by atoms with Crippen LogP contribution in [-0.4, -0.2) is 17.1 Å². The number of hydrogen-bond acceptors (Lipinski definition) is 5. The second-order valence-corrected chi connectivity index (χ2v) is 3.93. The van der Waals surface area contributed by atoms with Crippen LogP contribution in [0.5, 0.6) is 11.8 Å². The molecular weight excluding hydrogens is 244 g/mol. The third-order valence-corrected chi connectivity index (χ3v) is 2.65. The smallest absolute Gasteiger partial charge is 0.395 e. The fourth-order valence-electron chi connectivity index (χ4n) is 1.67. The fraction of sp³-hybridized carbons (Fsp3) is 0.143. The maximum absolute atomic E-state index is 5.47. The lowest BCUT2D eigenvalue weighted by Crippen LogP contribution is -1.98. The number of para-hydroxylation sites is 2. The standard InChI is InChI=1S/C14H12N2O3/c1-17-11-7-6-10(15-8-11)9-18-14-16-12-4-2-3-5-13(12)19-14/h2-8H,9H2,1H3. The second kappa shape index (κ2) is 4.97. The van der Waals surface area contributed by atoms with Crippen molar-refractivity contribution in [3.05, 3.63) is 48.3 Å². The molecule has 0 aliphatic rings. The van der Waals surface area contributed by atoms with E-state index in [1.807, 2.05) is 36.4 Å². The van der Waals surface area contributed by atoms with Crippen LogP contribution < -0.4 is 9.47 Å². The lowest BCUT2D eigenvalue weighted by Gasteiger charge is -2.02. The number of pyridine rings is 1. The molecule has 0 N–H and O–H groups in total. The predicted octanol–water partition coefficient (Wildman–Crippen LogP) is 2.81. The summed E-state index contributed by atoms with van der Waals surface area (Å²) in [6, 6.07) is 11.2. The fourth-order valence-corrected chi connectivity index (χ4v) is 1.67. The largest absolute Gasteiger partial charge is 0.495 e. The Balaban J connectivity index is 1.70. The molecule has 19 heavy (non-hydrogen) atoms. The average Bonchev–Trinajstić information content (AvgIpc) is 2.88. The summed E-state index contributed by atoms with van der Waals surface area (Å²) >= 11 is 0. The first-order chi connectivity index (χ1) is 9.35. The molecule has 0 spiro atoms. The van der Waals surface area contributed by atoms with Crippen LogP contribution in [0, 0.1) is 0 Å². The first kappa shape index (κ1) is 11.5. The van der Waals surface area contributed by atoms with Gasteiger partial charge in [-0.05, 0) is 24.3 Å². The summed E-state index contributed by atoms with van der Waals surface area (Å²) in [6.45, 7) is 0.302. The zero-order valence-corrected chi connectivity index (χ0v) is 10.4. The van der Waals surface area contributed by atoms with Gasteiger partial charge in [-0.25, -0.2) is 0 Å². The summed E-state index contributed by atoms with van der Waals surface area (Å²) < 4.78 is 16.0. The van der Waals surface area contributed by atoms with Crippen LogP contribution in [0.2, 0.25) is 0 Å². The number of oxazole rings is 1. The quantitative estimate of drug-likeness (QED) is 0.718. The summed E-state index contributed by atoms with van der Waals surface area (Å²) in [4.78, 5) is 8.42. The maximum Gasteiger partial charge on any atom is 0.395 e. The van der Waals surface area contributed by atoms with E-state index in [1.165, 1.54) is 0 Å². The van der Waals surface area contributed by atoms with Crippen molar-refractivity contribution in [2.45, 2.75) is 6.61 Å². The Hall–Kier alpha value is -2.56. The minimum absolute atomic E-state index is 0.249. The molecule has 0 aliphatic heterocycles. The van der Waals surface area contributed by atoms with Gasteiger partial charge in [0.1, 0.15) is 17.9 Å². The molecule has 0 bridgehead atoms. The molecule has 3 rings (SSSR count). The highest BCUT2D eigenvalue weighted by atomic mass is 16.6. The van der Waals surface area contributed by atoms with Crippen LogP contribution in [0.1, 0.15) is 5.69 Å². The Morgan fingerprint density at radius 3 is 2.79 bits per heavy atom. The van der Waals surface area contributed by atoms with Crippen molar-refractivity contribution in [1.29, 1.82) is 0 Å². The number of aromatic nitrogens is 2. The normalized spacial score (nSPS) is 10.6. The molecule has 0 amide bonds.